The van der Waals surface area contributed by atoms with E-state index in [2.05, 4.69) is 4.98 Å². The summed E-state index contributed by atoms with van der Waals surface area (Å²) in [7, 11) is 0. The first-order valence-electron chi connectivity index (χ1n) is 8.75. The maximum absolute atomic E-state index is 12.2. The van der Waals surface area contributed by atoms with Crippen LogP contribution in [0.25, 0.3) is 0 Å². The molecule has 1 spiro atoms. The fourth-order valence-corrected chi connectivity index (χ4v) is 3.80. The van der Waals surface area contributed by atoms with Crippen molar-refractivity contribution in [2.75, 3.05) is 39.5 Å². The number of carbonyl (C=O) groups excluding carboxylic acids is 1. The quantitative estimate of drug-likeness (QED) is 0.829. The maximum atomic E-state index is 12.2. The zero-order chi connectivity index (χ0) is 16.4. The van der Waals surface area contributed by atoms with Gasteiger partial charge in [0.05, 0.1) is 19.2 Å². The number of hydrogen-bond donors (Lipinski definition) is 0. The zero-order valence-electron chi connectivity index (χ0n) is 13.8. The van der Waals surface area contributed by atoms with Crippen molar-refractivity contribution in [3.8, 4) is 0 Å². The molecule has 4 rings (SSSR count). The first-order valence-corrected chi connectivity index (χ1v) is 8.75. The average Bonchev–Trinajstić information content (AvgIpc) is 3.13. The molecule has 3 fully saturated rings. The predicted molar refractivity (Wildman–Crippen MR) is 83.6 cm³/mol. The van der Waals surface area contributed by atoms with E-state index in [0.717, 1.165) is 45.5 Å². The molecule has 132 valence electrons. The molecule has 1 amide bonds. The molecule has 3 saturated heterocycles. The lowest BCUT2D eigenvalue weighted by atomic mass is 9.84. The fraction of sp³-hybridized carbons (Fsp3) is 0.765. The Morgan fingerprint density at radius 1 is 1.29 bits per heavy atom. The summed E-state index contributed by atoms with van der Waals surface area (Å²) in [5.74, 6) is 0.521. The Balaban J connectivity index is 1.26. The van der Waals surface area contributed by atoms with Crippen LogP contribution in [0, 0.1) is 5.92 Å². The fourth-order valence-electron chi connectivity index (χ4n) is 3.80. The lowest BCUT2D eigenvalue weighted by molar-refractivity contribution is -0.188. The topological polar surface area (TPSA) is 74.0 Å². The Hall–Kier alpha value is -1.44. The molecule has 7 heteroatoms. The molecular formula is C17H24N2O5. The van der Waals surface area contributed by atoms with Gasteiger partial charge in [-0.05, 0) is 25.2 Å². The van der Waals surface area contributed by atoms with Crippen molar-refractivity contribution < 1.29 is 23.4 Å². The average molecular weight is 336 g/mol. The smallest absolute Gasteiger partial charge is 0.276 e. The van der Waals surface area contributed by atoms with Crippen molar-refractivity contribution >= 4 is 5.91 Å². The maximum Gasteiger partial charge on any atom is 0.276 e. The van der Waals surface area contributed by atoms with E-state index in [4.69, 9.17) is 18.6 Å². The third-order valence-corrected chi connectivity index (χ3v) is 5.25. The lowest BCUT2D eigenvalue weighted by Gasteiger charge is -2.52. The van der Waals surface area contributed by atoms with Crippen molar-refractivity contribution in [2.24, 2.45) is 5.92 Å². The number of ether oxygens (including phenoxy) is 3. The van der Waals surface area contributed by atoms with Crippen LogP contribution in [0.5, 0.6) is 0 Å². The second kappa shape index (κ2) is 6.82. The van der Waals surface area contributed by atoms with Crippen LogP contribution in [0.4, 0.5) is 0 Å². The molecule has 4 heterocycles. The first kappa shape index (κ1) is 16.1. The SMILES string of the molecule is O=C(c1cocn1)N1CC2(C[C@H](OCC3CCOCC3)CCO2)C1. The van der Waals surface area contributed by atoms with Gasteiger partial charge in [-0.15, -0.1) is 0 Å². The number of hydrogen-bond acceptors (Lipinski definition) is 6. The molecule has 0 N–H and O–H groups in total. The first-order chi connectivity index (χ1) is 11.7. The highest BCUT2D eigenvalue weighted by Gasteiger charge is 2.50. The van der Waals surface area contributed by atoms with Crippen molar-refractivity contribution in [3.63, 3.8) is 0 Å². The molecular weight excluding hydrogens is 312 g/mol. The van der Waals surface area contributed by atoms with E-state index >= 15 is 0 Å². The summed E-state index contributed by atoms with van der Waals surface area (Å²) in [6.07, 6.45) is 6.87. The summed E-state index contributed by atoms with van der Waals surface area (Å²) < 4.78 is 22.4. The summed E-state index contributed by atoms with van der Waals surface area (Å²) in [5, 5.41) is 0. The number of carbonyl (C=O) groups is 1. The molecule has 1 aromatic heterocycles. The van der Waals surface area contributed by atoms with Gasteiger partial charge in [0.15, 0.2) is 12.1 Å². The van der Waals surface area contributed by atoms with Crippen LogP contribution in [-0.4, -0.2) is 67.0 Å². The molecule has 7 nitrogen and oxygen atoms in total. The Morgan fingerprint density at radius 3 is 2.88 bits per heavy atom. The summed E-state index contributed by atoms with van der Waals surface area (Å²) in [6, 6.07) is 0. The number of rotatable bonds is 4. The zero-order valence-corrected chi connectivity index (χ0v) is 13.8. The largest absolute Gasteiger partial charge is 0.451 e. The molecule has 24 heavy (non-hydrogen) atoms. The van der Waals surface area contributed by atoms with Crippen LogP contribution in [0.15, 0.2) is 17.1 Å². The monoisotopic (exact) mass is 336 g/mol. The molecule has 1 atom stereocenters. The highest BCUT2D eigenvalue weighted by Crippen LogP contribution is 2.36. The minimum Gasteiger partial charge on any atom is -0.451 e. The van der Waals surface area contributed by atoms with Gasteiger partial charge in [-0.3, -0.25) is 4.79 Å². The van der Waals surface area contributed by atoms with Crippen LogP contribution in [-0.2, 0) is 14.2 Å². The third-order valence-electron chi connectivity index (χ3n) is 5.25. The van der Waals surface area contributed by atoms with Gasteiger partial charge in [0.25, 0.3) is 5.91 Å². The van der Waals surface area contributed by atoms with Crippen LogP contribution < -0.4 is 0 Å². The Labute approximate surface area is 141 Å². The van der Waals surface area contributed by atoms with Crippen molar-refractivity contribution in [3.05, 3.63) is 18.4 Å². The van der Waals surface area contributed by atoms with E-state index in [1.165, 1.54) is 12.7 Å². The van der Waals surface area contributed by atoms with Gasteiger partial charge >= 0.3 is 0 Å². The van der Waals surface area contributed by atoms with Gasteiger partial charge in [-0.1, -0.05) is 0 Å². The van der Waals surface area contributed by atoms with E-state index in [1.807, 2.05) is 0 Å². The number of oxazole rings is 1. The minimum absolute atomic E-state index is 0.0942. The molecule has 0 saturated carbocycles. The molecule has 0 unspecified atom stereocenters. The van der Waals surface area contributed by atoms with E-state index < -0.39 is 0 Å². The van der Waals surface area contributed by atoms with Gasteiger partial charge in [-0.2, -0.15) is 0 Å². The van der Waals surface area contributed by atoms with Crippen LogP contribution >= 0.6 is 0 Å². The summed E-state index contributed by atoms with van der Waals surface area (Å²) in [5.41, 5.74) is 0.117. The van der Waals surface area contributed by atoms with Gasteiger partial charge in [-0.25, -0.2) is 4.98 Å². The minimum atomic E-state index is -0.238. The van der Waals surface area contributed by atoms with Crippen molar-refractivity contribution in [1.29, 1.82) is 0 Å². The van der Waals surface area contributed by atoms with E-state index in [9.17, 15) is 4.79 Å². The van der Waals surface area contributed by atoms with E-state index in [0.29, 0.717) is 31.3 Å². The Bertz CT molecular complexity index is 549. The van der Waals surface area contributed by atoms with Crippen LogP contribution in [0.2, 0.25) is 0 Å². The molecule has 0 aliphatic carbocycles. The molecule has 0 aromatic carbocycles. The van der Waals surface area contributed by atoms with Gasteiger partial charge in [0.2, 0.25) is 0 Å². The number of amides is 1. The second-order valence-electron chi connectivity index (χ2n) is 7.07. The number of nitrogens with zero attached hydrogens (tertiary/aromatic N) is 2. The van der Waals surface area contributed by atoms with Gasteiger partial charge < -0.3 is 23.5 Å². The van der Waals surface area contributed by atoms with E-state index in [-0.39, 0.29) is 17.6 Å². The van der Waals surface area contributed by atoms with Gasteiger partial charge in [0, 0.05) is 32.8 Å². The molecule has 3 aliphatic heterocycles. The third kappa shape index (κ3) is 3.34. The standard InChI is InChI=1S/C17H24N2O5/c20-16(15-9-22-12-18-15)19-10-17(11-19)7-14(3-6-24-17)23-8-13-1-4-21-5-2-13/h9,12-14H,1-8,10-11H2/t14-/m1/s1. The normalized spacial score (nSPS) is 27.2. The predicted octanol–water partition coefficient (Wildman–Crippen LogP) is 1.49. The van der Waals surface area contributed by atoms with Gasteiger partial charge in [0.1, 0.15) is 11.9 Å². The van der Waals surface area contributed by atoms with E-state index in [1.54, 1.807) is 4.90 Å². The van der Waals surface area contributed by atoms with Crippen LogP contribution in [0.1, 0.15) is 36.2 Å². The summed E-state index contributed by atoms with van der Waals surface area (Å²) in [4.78, 5) is 17.9. The Kier molecular flexibility index (Phi) is 4.56. The summed E-state index contributed by atoms with van der Waals surface area (Å²) in [6.45, 7) is 4.43. The number of likely N-dealkylation sites (tertiary alicyclic amines) is 1. The lowest BCUT2D eigenvalue weighted by Crippen LogP contribution is -2.67. The molecule has 0 bridgehead atoms. The van der Waals surface area contributed by atoms with Crippen LogP contribution in [0.3, 0.4) is 0 Å². The van der Waals surface area contributed by atoms with Crippen molar-refractivity contribution in [1.82, 2.24) is 9.88 Å². The summed E-state index contributed by atoms with van der Waals surface area (Å²) >= 11 is 0. The number of aromatic nitrogens is 1. The highest BCUT2D eigenvalue weighted by atomic mass is 16.5. The molecule has 0 radical (unpaired) electrons. The Morgan fingerprint density at radius 2 is 2.12 bits per heavy atom. The second-order valence-corrected chi connectivity index (χ2v) is 7.07. The highest BCUT2D eigenvalue weighted by molar-refractivity contribution is 5.92. The molecule has 1 aromatic rings. The van der Waals surface area contributed by atoms with Crippen molar-refractivity contribution in [2.45, 2.75) is 37.4 Å². The molecule has 3 aliphatic rings.